The molecule has 0 aliphatic heterocycles. The van der Waals surface area contributed by atoms with Gasteiger partial charge in [-0.15, -0.1) is 0 Å². The summed E-state index contributed by atoms with van der Waals surface area (Å²) >= 11 is 0. The van der Waals surface area contributed by atoms with Crippen LogP contribution in [0.3, 0.4) is 0 Å². The Balaban J connectivity index is 1.34. The van der Waals surface area contributed by atoms with E-state index in [-0.39, 0.29) is 23.4 Å². The minimum absolute atomic E-state index is 0.138. The van der Waals surface area contributed by atoms with Gasteiger partial charge in [0.2, 0.25) is 5.91 Å². The van der Waals surface area contributed by atoms with Crippen molar-refractivity contribution < 1.29 is 4.79 Å². The quantitative estimate of drug-likeness (QED) is 0.475. The monoisotopic (exact) mass is 387 g/mol. The van der Waals surface area contributed by atoms with Gasteiger partial charge in [-0.2, -0.15) is 0 Å². The van der Waals surface area contributed by atoms with Crippen LogP contribution in [0.25, 0.3) is 21.8 Å². The lowest BCUT2D eigenvalue weighted by molar-refractivity contribution is -0.121. The Labute approximate surface area is 166 Å². The summed E-state index contributed by atoms with van der Waals surface area (Å²) in [5, 5.41) is 4.73. The molecule has 0 aliphatic rings. The average Bonchev–Trinajstić information content (AvgIpc) is 2.72. The zero-order valence-corrected chi connectivity index (χ0v) is 15.8. The number of para-hydroxylation sites is 2. The van der Waals surface area contributed by atoms with E-state index in [1.54, 1.807) is 0 Å². The van der Waals surface area contributed by atoms with E-state index in [0.717, 1.165) is 21.8 Å². The fourth-order valence-electron chi connectivity index (χ4n) is 3.43. The summed E-state index contributed by atoms with van der Waals surface area (Å²) in [5.74, 6) is -0.144. The number of pyridine rings is 2. The Kier molecular flexibility index (Phi) is 5.24. The van der Waals surface area contributed by atoms with E-state index in [2.05, 4.69) is 15.3 Å². The van der Waals surface area contributed by atoms with E-state index in [1.165, 1.54) is 0 Å². The van der Waals surface area contributed by atoms with E-state index >= 15 is 0 Å². The summed E-state index contributed by atoms with van der Waals surface area (Å²) in [5.41, 5.74) is 2.50. The number of hydrogen-bond donors (Lipinski definition) is 3. The molecule has 2 aromatic carbocycles. The van der Waals surface area contributed by atoms with Crippen molar-refractivity contribution in [2.24, 2.45) is 0 Å². The summed E-state index contributed by atoms with van der Waals surface area (Å²) in [7, 11) is 0. The molecule has 0 saturated heterocycles. The van der Waals surface area contributed by atoms with Crippen LogP contribution in [0.4, 0.5) is 0 Å². The van der Waals surface area contributed by atoms with Crippen molar-refractivity contribution in [3.8, 4) is 0 Å². The highest BCUT2D eigenvalue weighted by Crippen LogP contribution is 2.11. The molecule has 146 valence electrons. The molecule has 0 spiro atoms. The lowest BCUT2D eigenvalue weighted by Crippen LogP contribution is -2.28. The topological polar surface area (TPSA) is 94.8 Å². The molecule has 1 amide bonds. The zero-order valence-electron chi connectivity index (χ0n) is 15.8. The number of aromatic nitrogens is 2. The predicted molar refractivity (Wildman–Crippen MR) is 114 cm³/mol. The van der Waals surface area contributed by atoms with Crippen LogP contribution in [0, 0.1) is 0 Å². The molecule has 6 nitrogen and oxygen atoms in total. The van der Waals surface area contributed by atoms with Gasteiger partial charge in [-0.25, -0.2) is 0 Å². The zero-order chi connectivity index (χ0) is 20.2. The lowest BCUT2D eigenvalue weighted by atomic mass is 10.1. The van der Waals surface area contributed by atoms with Crippen LogP contribution < -0.4 is 16.4 Å². The van der Waals surface area contributed by atoms with Crippen molar-refractivity contribution in [1.29, 1.82) is 0 Å². The van der Waals surface area contributed by atoms with Gasteiger partial charge in [0.05, 0.1) is 0 Å². The number of benzene rings is 2. The predicted octanol–water partition coefficient (Wildman–Crippen LogP) is 2.66. The van der Waals surface area contributed by atoms with E-state index in [0.29, 0.717) is 30.5 Å². The van der Waals surface area contributed by atoms with E-state index in [1.807, 2.05) is 60.7 Å². The van der Waals surface area contributed by atoms with Crippen LogP contribution in [-0.2, 0) is 17.6 Å². The van der Waals surface area contributed by atoms with Gasteiger partial charge in [0.1, 0.15) is 0 Å². The third-order valence-electron chi connectivity index (χ3n) is 5.00. The van der Waals surface area contributed by atoms with Crippen molar-refractivity contribution in [1.82, 2.24) is 15.3 Å². The molecule has 4 rings (SSSR count). The van der Waals surface area contributed by atoms with Gasteiger partial charge < -0.3 is 15.3 Å². The molecule has 6 heteroatoms. The number of fused-ring (bicyclic) bond motifs is 2. The standard InChI is InChI=1S/C23H21N3O3/c27-21(10-9-17-13-15-5-1-3-7-19(15)25-22(17)28)24-12-11-18-14-16-6-2-4-8-20(16)26-23(18)29/h1-8,13-14H,9-12H2,(H,24,27)(H,25,28)(H,26,29). The number of nitrogens with one attached hydrogen (secondary N) is 3. The minimum Gasteiger partial charge on any atom is -0.356 e. The number of carbonyl (C=O) groups is 1. The van der Waals surface area contributed by atoms with Gasteiger partial charge >= 0.3 is 0 Å². The first-order valence-electron chi connectivity index (χ1n) is 9.59. The molecular formula is C23H21N3O3. The number of aryl methyl sites for hydroxylation is 1. The highest BCUT2D eigenvalue weighted by Gasteiger charge is 2.08. The van der Waals surface area contributed by atoms with E-state index in [9.17, 15) is 14.4 Å². The summed E-state index contributed by atoms with van der Waals surface area (Å²) < 4.78 is 0. The first-order chi connectivity index (χ1) is 14.1. The van der Waals surface area contributed by atoms with Gasteiger partial charge in [-0.3, -0.25) is 14.4 Å². The van der Waals surface area contributed by atoms with E-state index in [4.69, 9.17) is 0 Å². The Bertz CT molecular complexity index is 1300. The van der Waals surface area contributed by atoms with Crippen LogP contribution in [0.15, 0.2) is 70.3 Å². The molecule has 3 N–H and O–H groups in total. The summed E-state index contributed by atoms with van der Waals surface area (Å²) in [4.78, 5) is 42.2. The largest absolute Gasteiger partial charge is 0.356 e. The van der Waals surface area contributed by atoms with Gasteiger partial charge in [0, 0.05) is 35.1 Å². The number of aromatic amines is 2. The van der Waals surface area contributed by atoms with Crippen molar-refractivity contribution in [2.45, 2.75) is 19.3 Å². The SMILES string of the molecule is O=C(CCc1cc2ccccc2[nH]c1=O)NCCc1cc2ccccc2[nH]c1=O. The average molecular weight is 387 g/mol. The fraction of sp³-hybridized carbons (Fsp3) is 0.174. The molecule has 4 aromatic rings. The maximum atomic E-state index is 12.2. The smallest absolute Gasteiger partial charge is 0.251 e. The fourth-order valence-corrected chi connectivity index (χ4v) is 3.43. The van der Waals surface area contributed by atoms with Crippen LogP contribution in [0.1, 0.15) is 17.5 Å². The summed E-state index contributed by atoms with van der Waals surface area (Å²) in [6.07, 6.45) is 1.03. The molecule has 29 heavy (non-hydrogen) atoms. The number of rotatable bonds is 6. The van der Waals surface area contributed by atoms with Crippen LogP contribution in [0.2, 0.25) is 0 Å². The second-order valence-electron chi connectivity index (χ2n) is 7.02. The van der Waals surface area contributed by atoms with Crippen molar-refractivity contribution in [2.75, 3.05) is 6.54 Å². The third-order valence-corrected chi connectivity index (χ3v) is 5.00. The maximum Gasteiger partial charge on any atom is 0.251 e. The second kappa shape index (κ2) is 8.14. The number of H-pyrrole nitrogens is 2. The van der Waals surface area contributed by atoms with Gasteiger partial charge in [-0.05, 0) is 47.9 Å². The van der Waals surface area contributed by atoms with Gasteiger partial charge in [0.25, 0.3) is 11.1 Å². The van der Waals surface area contributed by atoms with Gasteiger partial charge in [-0.1, -0.05) is 36.4 Å². The van der Waals surface area contributed by atoms with Crippen molar-refractivity contribution >= 4 is 27.7 Å². The normalized spacial score (nSPS) is 11.0. The lowest BCUT2D eigenvalue weighted by Gasteiger charge is -2.07. The Hall–Kier alpha value is -3.67. The second-order valence-corrected chi connectivity index (χ2v) is 7.02. The van der Waals surface area contributed by atoms with Gasteiger partial charge in [0.15, 0.2) is 0 Å². The molecule has 0 atom stereocenters. The molecular weight excluding hydrogens is 366 g/mol. The molecule has 0 fully saturated rings. The first-order valence-corrected chi connectivity index (χ1v) is 9.59. The Morgan fingerprint density at radius 2 is 1.28 bits per heavy atom. The molecule has 0 bridgehead atoms. The molecule has 0 saturated carbocycles. The molecule has 0 unspecified atom stereocenters. The Morgan fingerprint density at radius 1 is 0.759 bits per heavy atom. The van der Waals surface area contributed by atoms with Crippen molar-refractivity contribution in [3.05, 3.63) is 92.5 Å². The Morgan fingerprint density at radius 3 is 1.86 bits per heavy atom. The summed E-state index contributed by atoms with van der Waals surface area (Å²) in [6.45, 7) is 0.369. The minimum atomic E-state index is -0.167. The molecule has 0 aliphatic carbocycles. The third kappa shape index (κ3) is 4.27. The molecule has 0 radical (unpaired) electrons. The van der Waals surface area contributed by atoms with Crippen LogP contribution in [0.5, 0.6) is 0 Å². The number of hydrogen-bond acceptors (Lipinski definition) is 3. The highest BCUT2D eigenvalue weighted by molar-refractivity contribution is 5.80. The number of carbonyl (C=O) groups excluding carboxylic acids is 1. The summed E-state index contributed by atoms with van der Waals surface area (Å²) in [6, 6.07) is 18.8. The molecule has 2 aromatic heterocycles. The van der Waals surface area contributed by atoms with Crippen molar-refractivity contribution in [3.63, 3.8) is 0 Å². The van der Waals surface area contributed by atoms with Crippen LogP contribution in [-0.4, -0.2) is 22.4 Å². The molecule has 2 heterocycles. The maximum absolute atomic E-state index is 12.2. The highest BCUT2D eigenvalue weighted by atomic mass is 16.1. The first kappa shape index (κ1) is 18.7. The van der Waals surface area contributed by atoms with Crippen LogP contribution >= 0.6 is 0 Å². The number of amides is 1. The van der Waals surface area contributed by atoms with E-state index < -0.39 is 0 Å².